The molecule has 0 atom stereocenters. The smallest absolute Gasteiger partial charge is 0.219 e. The van der Waals surface area contributed by atoms with Gasteiger partial charge in [0, 0.05) is 89.4 Å². The average Bonchev–Trinajstić information content (AvgIpc) is 1.57. The van der Waals surface area contributed by atoms with Gasteiger partial charge in [0.2, 0.25) is 23.5 Å². The lowest BCUT2D eigenvalue weighted by molar-refractivity contribution is 0.442. The van der Waals surface area contributed by atoms with E-state index in [2.05, 4.69) is 47.4 Å². The number of rotatable bonds is 17. The molecule has 14 aromatic carbocycles. The van der Waals surface area contributed by atoms with Crippen LogP contribution in [-0.4, -0.2) is 119 Å². The van der Waals surface area contributed by atoms with Crippen molar-refractivity contribution in [1.29, 1.82) is 0 Å². The summed E-state index contributed by atoms with van der Waals surface area (Å²) in [5.41, 5.74) is 20.0. The van der Waals surface area contributed by atoms with E-state index in [-0.39, 0.29) is 69.5 Å². The van der Waals surface area contributed by atoms with Gasteiger partial charge in [-0.05, 0) is 207 Å². The Balaban J connectivity index is 0.000000115. The summed E-state index contributed by atoms with van der Waals surface area (Å²) in [5.74, 6) is 1.61. The van der Waals surface area contributed by atoms with Crippen molar-refractivity contribution in [2.75, 3.05) is 0 Å². The Morgan fingerprint density at radius 2 is 0.515 bits per heavy atom. The van der Waals surface area contributed by atoms with Crippen LogP contribution in [0.5, 0.6) is 69.5 Å². The first-order chi connectivity index (χ1) is 65.3. The Hall–Kier alpha value is -18.6. The van der Waals surface area contributed by atoms with Crippen molar-refractivity contribution in [2.24, 2.45) is 0 Å². The summed E-state index contributed by atoms with van der Waals surface area (Å²) in [5, 5.41) is 126. The summed E-state index contributed by atoms with van der Waals surface area (Å²) < 4.78 is 6.61. The van der Waals surface area contributed by atoms with Crippen LogP contribution in [-0.2, 0) is 25.7 Å². The molecule has 8 aromatic heterocycles. The fourth-order valence-corrected chi connectivity index (χ4v) is 15.9. The van der Waals surface area contributed by atoms with Crippen LogP contribution in [0.3, 0.4) is 0 Å². The molecule has 0 unspecified atom stereocenters. The number of phenolic OH excluding ortho intramolecular Hbond substituents is 8. The van der Waals surface area contributed by atoms with Crippen molar-refractivity contribution < 1.29 is 61.3 Å². The van der Waals surface area contributed by atoms with E-state index in [0.29, 0.717) is 117 Å². The number of hydrogen-bond acceptors (Lipinski definition) is 20. The Kier molecular flexibility index (Phi) is 23.4. The van der Waals surface area contributed by atoms with Crippen LogP contribution in [0, 0.1) is 0 Å². The topological polar surface area (TPSA) is 364 Å². The second-order valence-electron chi connectivity index (χ2n) is 32.0. The summed E-state index contributed by atoms with van der Waals surface area (Å²) >= 11 is 0. The lowest BCUT2D eigenvalue weighted by atomic mass is 10.0. The van der Waals surface area contributed by atoms with E-state index < -0.39 is 0 Å². The van der Waals surface area contributed by atoms with Gasteiger partial charge in [-0.25, -0.2) is 39.9 Å². The first kappa shape index (κ1) is 84.9. The van der Waals surface area contributed by atoms with E-state index in [1.54, 1.807) is 212 Å². The van der Waals surface area contributed by atoms with Gasteiger partial charge in [0.15, 0.2) is 22.6 Å². The number of phenols is 8. The number of benzene rings is 14. The number of nitrogens with zero attached hydrogens (tertiary/aromatic N) is 12. The molecule has 0 amide bonds. The van der Waals surface area contributed by atoms with Crippen molar-refractivity contribution in [3.63, 3.8) is 0 Å². The van der Waals surface area contributed by atoms with Crippen molar-refractivity contribution >= 4 is 56.3 Å². The Labute approximate surface area is 765 Å². The third kappa shape index (κ3) is 18.4. The highest BCUT2D eigenvalue weighted by Crippen LogP contribution is 2.40. The van der Waals surface area contributed by atoms with E-state index >= 15 is 0 Å². The molecule has 0 spiro atoms. The Morgan fingerprint density at radius 3 is 0.918 bits per heavy atom. The maximum atomic E-state index is 11.2. The fraction of sp³-hybridized carbons (Fsp3) is 0.0364. The number of aromatic nitrogens is 12. The summed E-state index contributed by atoms with van der Waals surface area (Å²) in [6.45, 7) is 0. The van der Waals surface area contributed by atoms with Gasteiger partial charge in [-0.1, -0.05) is 194 Å². The molecule has 22 aromatic rings. The molecule has 0 aliphatic rings. The minimum Gasteiger partial charge on any atom is -0.508 e. The molecular formula is C110H82N12O12. The number of imidazole rings is 4. The lowest BCUT2D eigenvalue weighted by Gasteiger charge is -2.11. The van der Waals surface area contributed by atoms with E-state index in [4.69, 9.17) is 34.9 Å². The normalized spacial score (nSPS) is 11.3. The zero-order valence-electron chi connectivity index (χ0n) is 71.4. The van der Waals surface area contributed by atoms with E-state index in [1.807, 2.05) is 140 Å². The maximum Gasteiger partial charge on any atom is 0.219 e. The van der Waals surface area contributed by atoms with Crippen LogP contribution < -0.4 is 0 Å². The fourth-order valence-electron chi connectivity index (χ4n) is 15.9. The second-order valence-corrected chi connectivity index (χ2v) is 32.0. The number of fused-ring (bicyclic) bond motifs is 6. The van der Waals surface area contributed by atoms with Gasteiger partial charge in [0.05, 0.1) is 22.8 Å². The Bertz CT molecular complexity index is 8070. The number of hydrogen-bond donors (Lipinski definition) is 12. The highest BCUT2D eigenvalue weighted by molar-refractivity contribution is 5.99. The summed E-state index contributed by atoms with van der Waals surface area (Å²) in [7, 11) is 0. The largest absolute Gasteiger partial charge is 0.508 e. The third-order valence-corrected chi connectivity index (χ3v) is 22.9. The molecule has 8 heterocycles. The molecule has 0 saturated heterocycles. The molecular weight excluding hydrogens is 1680 g/mol. The van der Waals surface area contributed by atoms with Crippen LogP contribution >= 0.6 is 0 Å². The number of aromatic hydroxyl groups is 12. The maximum absolute atomic E-state index is 11.2. The molecule has 24 heteroatoms. The molecule has 654 valence electrons. The predicted molar refractivity (Wildman–Crippen MR) is 517 cm³/mol. The van der Waals surface area contributed by atoms with Crippen LogP contribution in [0.4, 0.5) is 0 Å². The van der Waals surface area contributed by atoms with Gasteiger partial charge in [-0.2, -0.15) is 0 Å². The molecule has 0 aliphatic heterocycles. The predicted octanol–water partition coefficient (Wildman–Crippen LogP) is 21.9. The first-order valence-electron chi connectivity index (χ1n) is 42.8. The molecule has 12 N–H and O–H groups in total. The molecule has 24 nitrogen and oxygen atoms in total. The first-order valence-corrected chi connectivity index (χ1v) is 42.8. The molecule has 0 saturated carbocycles. The van der Waals surface area contributed by atoms with E-state index in [1.165, 1.54) is 0 Å². The highest BCUT2D eigenvalue weighted by Gasteiger charge is 2.25. The lowest BCUT2D eigenvalue weighted by Crippen LogP contribution is -1.97. The van der Waals surface area contributed by atoms with Gasteiger partial charge in [-0.15, -0.1) is 0 Å². The molecule has 0 bridgehead atoms. The zero-order chi connectivity index (χ0) is 92.0. The third-order valence-electron chi connectivity index (χ3n) is 22.9. The molecule has 134 heavy (non-hydrogen) atoms. The van der Waals surface area contributed by atoms with Crippen molar-refractivity contribution in [3.8, 4) is 148 Å². The quantitative estimate of drug-likeness (QED) is 0.0403. The minimum atomic E-state index is 0.0369. The molecule has 0 aliphatic carbocycles. The average molecular weight is 1760 g/mol. The van der Waals surface area contributed by atoms with Crippen LogP contribution in [0.2, 0.25) is 0 Å². The van der Waals surface area contributed by atoms with Crippen molar-refractivity contribution in [1.82, 2.24) is 57.5 Å². The summed E-state index contributed by atoms with van der Waals surface area (Å²) in [6.07, 6.45) is 12.5. The zero-order valence-corrected chi connectivity index (χ0v) is 71.4. The molecule has 22 rings (SSSR count). The van der Waals surface area contributed by atoms with Crippen LogP contribution in [0.25, 0.3) is 135 Å². The monoisotopic (exact) mass is 1760 g/mol. The van der Waals surface area contributed by atoms with Crippen LogP contribution in [0.15, 0.2) is 365 Å². The SMILES string of the molecule is Oc1ccc(Cc2nc3c(-c4ccc5ccccc5c4)nc(-c4ccc(O)cc4)cn3c2O)cc1.Oc1ccc(Cc2nc3c(-c4cccc5ccccc45)nc(-c4ccc(O)cc4)cn3c2O)cc1.Oc1ccc(Cc2nc3c(-c4ccccc4)nc(-c4ccc(O)cc4)cn3c2O)cc1.Oc1ccc(Cc2nc3c(/C=C/c4ccccc4)nc(-c4ccc(O)cc4)cn3c2O)cc1. The van der Waals surface area contributed by atoms with E-state index in [0.717, 1.165) is 88.3 Å². The van der Waals surface area contributed by atoms with Gasteiger partial charge in [0.25, 0.3) is 0 Å². The molecule has 0 radical (unpaired) electrons. The van der Waals surface area contributed by atoms with Gasteiger partial charge in [-0.3, -0.25) is 17.6 Å². The highest BCUT2D eigenvalue weighted by atomic mass is 16.3. The van der Waals surface area contributed by atoms with Gasteiger partial charge < -0.3 is 61.3 Å². The van der Waals surface area contributed by atoms with Crippen molar-refractivity contribution in [3.05, 3.63) is 421 Å². The van der Waals surface area contributed by atoms with E-state index in [9.17, 15) is 61.3 Å². The summed E-state index contributed by atoms with van der Waals surface area (Å²) in [6, 6.07) is 103. The van der Waals surface area contributed by atoms with Gasteiger partial charge in [0.1, 0.15) is 91.5 Å². The summed E-state index contributed by atoms with van der Waals surface area (Å²) in [4.78, 5) is 38.5. The Morgan fingerprint density at radius 1 is 0.216 bits per heavy atom. The second kappa shape index (κ2) is 37.0. The van der Waals surface area contributed by atoms with Gasteiger partial charge >= 0.3 is 0 Å². The minimum absolute atomic E-state index is 0.0369. The molecule has 0 fully saturated rings. The van der Waals surface area contributed by atoms with Crippen molar-refractivity contribution in [2.45, 2.75) is 25.7 Å². The van der Waals surface area contributed by atoms with Crippen LogP contribution in [0.1, 0.15) is 56.3 Å². The standard InChI is InChI=1S/2C29H21N3O3.C27H21N3O3.C25H19N3O3/c33-21-12-8-18(9-13-21)16-25-29(35)32-17-26(20-10-14-22(34)15-11-20)30-27(28(32)31-25)24-7-3-5-19-4-1-2-6-23(19)24;33-23-11-5-18(6-12-23)15-25-29(35)32-17-26(20-9-13-24(34)14-10-20)30-27(28(32)31-25)22-8-7-19-3-1-2-4-21(19)16-22;31-21-11-6-19(7-12-21)16-24-27(33)30-17-25(20-9-13-22(32)14-10-20)28-23(26(30)29-24)15-8-18-4-2-1-3-5-18;29-19-10-6-16(7-11-19)14-21-25(31)28-15-22(17-8-12-20(30)13-9-17)26-23(24(28)27-21)18-4-2-1-3-5-18/h1-15,17,33-35H,16H2;1-14,16-17,33-35H,15H2;1-15,17,31-33H,16H2;1-13,15,29-31H,14H2/b;;15-8+;.